The first-order chi connectivity index (χ1) is 15.6. The van der Waals surface area contributed by atoms with Crippen LogP contribution in [-0.2, 0) is 10.0 Å². The summed E-state index contributed by atoms with van der Waals surface area (Å²) in [4.78, 5) is 13.6. The summed E-state index contributed by atoms with van der Waals surface area (Å²) in [6.45, 7) is -0.560. The van der Waals surface area contributed by atoms with Gasteiger partial charge < -0.3 is 20.9 Å². The molecule has 0 bridgehead atoms. The van der Waals surface area contributed by atoms with Gasteiger partial charge in [0.15, 0.2) is 17.0 Å². The van der Waals surface area contributed by atoms with Crippen LogP contribution in [-0.4, -0.2) is 58.6 Å². The predicted molar refractivity (Wildman–Crippen MR) is 133 cm³/mol. The van der Waals surface area contributed by atoms with E-state index in [1.165, 1.54) is 4.72 Å². The van der Waals surface area contributed by atoms with E-state index in [-0.39, 0.29) is 49.5 Å². The molecular weight excluding hydrogens is 532 g/mol. The van der Waals surface area contributed by atoms with Gasteiger partial charge in [0.05, 0.1) is 6.33 Å². The summed E-state index contributed by atoms with van der Waals surface area (Å²) in [7, 11) is -5.40. The molecule has 0 amide bonds. The molecule has 0 radical (unpaired) electrons. The van der Waals surface area contributed by atoms with Crippen LogP contribution in [0.1, 0.15) is 57.4 Å². The van der Waals surface area contributed by atoms with Gasteiger partial charge in [0.25, 0.3) is 0 Å². The van der Waals surface area contributed by atoms with Crippen LogP contribution >= 0.6 is 24.8 Å². The monoisotopic (exact) mass is 562 g/mol. The SMILES string of the molecule is Cl.Cl.N[C@H]1CC[C@H](Nc2nc(NCCNS(=O)(=O)C(F)(F)F)c3ncn(C4CCCC4)c3n2)CC1. The highest BCUT2D eigenvalue weighted by Gasteiger charge is 2.45. The fraction of sp³-hybridized carbons (Fsp3) is 0.737. The minimum absolute atomic E-state index is 0. The van der Waals surface area contributed by atoms with E-state index in [1.807, 2.05) is 4.57 Å². The number of nitrogens with zero attached hydrogens (tertiary/aromatic N) is 4. The van der Waals surface area contributed by atoms with Gasteiger partial charge in [0, 0.05) is 31.2 Å². The van der Waals surface area contributed by atoms with E-state index in [0.29, 0.717) is 22.9 Å². The van der Waals surface area contributed by atoms with Crippen molar-refractivity contribution in [1.29, 1.82) is 0 Å². The molecule has 0 aliphatic heterocycles. The Kier molecular flexibility index (Phi) is 10.2. The molecule has 5 N–H and O–H groups in total. The molecule has 0 spiro atoms. The number of halogens is 5. The summed E-state index contributed by atoms with van der Waals surface area (Å²) in [5.74, 6) is 0.749. The molecule has 2 aliphatic rings. The van der Waals surface area contributed by atoms with Crippen LogP contribution in [0.4, 0.5) is 24.9 Å². The molecule has 2 heterocycles. The molecule has 2 aliphatic carbocycles. The third-order valence-electron chi connectivity index (χ3n) is 6.26. The average Bonchev–Trinajstić information content (AvgIpc) is 3.41. The van der Waals surface area contributed by atoms with E-state index >= 15 is 0 Å². The Labute approximate surface area is 214 Å². The van der Waals surface area contributed by atoms with Gasteiger partial charge in [-0.2, -0.15) is 23.1 Å². The number of rotatable bonds is 8. The molecule has 0 unspecified atom stereocenters. The zero-order chi connectivity index (χ0) is 23.6. The van der Waals surface area contributed by atoms with Gasteiger partial charge in [-0.15, -0.1) is 24.8 Å². The van der Waals surface area contributed by atoms with Crippen molar-refractivity contribution >= 4 is 57.8 Å². The lowest BCUT2D eigenvalue weighted by molar-refractivity contribution is -0.0447. The second-order valence-electron chi connectivity index (χ2n) is 8.68. The highest BCUT2D eigenvalue weighted by atomic mass is 35.5. The van der Waals surface area contributed by atoms with Crippen molar-refractivity contribution in [1.82, 2.24) is 24.2 Å². The number of imidazole rings is 1. The first-order valence-corrected chi connectivity index (χ1v) is 12.7. The maximum Gasteiger partial charge on any atom is 0.511 e. The summed E-state index contributed by atoms with van der Waals surface area (Å²) < 4.78 is 63.5. The lowest BCUT2D eigenvalue weighted by Crippen LogP contribution is -2.38. The van der Waals surface area contributed by atoms with Crippen molar-refractivity contribution < 1.29 is 21.6 Å². The highest BCUT2D eigenvalue weighted by Crippen LogP contribution is 2.33. The average molecular weight is 563 g/mol. The fourth-order valence-electron chi connectivity index (χ4n) is 4.45. The lowest BCUT2D eigenvalue weighted by atomic mass is 9.92. The van der Waals surface area contributed by atoms with Crippen LogP contribution in [0.15, 0.2) is 6.33 Å². The topological polar surface area (TPSA) is 140 Å². The van der Waals surface area contributed by atoms with Crippen molar-refractivity contribution in [3.63, 3.8) is 0 Å². The molecule has 0 saturated heterocycles. The number of anilines is 2. The Morgan fingerprint density at radius 1 is 1.03 bits per heavy atom. The highest BCUT2D eigenvalue weighted by molar-refractivity contribution is 7.90. The summed E-state index contributed by atoms with van der Waals surface area (Å²) in [5.41, 5.74) is 1.78. The first kappa shape index (κ1) is 29.6. The Morgan fingerprint density at radius 2 is 1.69 bits per heavy atom. The molecule has 2 fully saturated rings. The molecule has 2 aromatic heterocycles. The molecule has 200 valence electrons. The van der Waals surface area contributed by atoms with Crippen LogP contribution in [0, 0.1) is 0 Å². The number of sulfonamides is 1. The predicted octanol–water partition coefficient (Wildman–Crippen LogP) is 3.32. The number of fused-ring (bicyclic) bond motifs is 1. The Hall–Kier alpha value is -1.61. The fourth-order valence-corrected chi connectivity index (χ4v) is 4.98. The second kappa shape index (κ2) is 12.1. The van der Waals surface area contributed by atoms with Crippen molar-refractivity contribution in [3.8, 4) is 0 Å². The number of hydrogen-bond acceptors (Lipinski definition) is 8. The minimum Gasteiger partial charge on any atom is -0.367 e. The molecule has 0 aromatic carbocycles. The molecule has 35 heavy (non-hydrogen) atoms. The number of aromatic nitrogens is 4. The summed E-state index contributed by atoms with van der Waals surface area (Å²) in [5, 5.41) is 6.28. The van der Waals surface area contributed by atoms with E-state index in [9.17, 15) is 21.6 Å². The van der Waals surface area contributed by atoms with Crippen LogP contribution in [0.2, 0.25) is 0 Å². The first-order valence-electron chi connectivity index (χ1n) is 11.2. The standard InChI is InChI=1S/C19H29F3N8O2S.2ClH/c20-19(21,22)33(31,32)26-10-9-24-16-15-17(30(11-25-15)14-3-1-2-4-14)29-18(28-16)27-13-7-5-12(23)6-8-13;;/h11-14,26H,1-10,23H2,(H2,24,27,28,29);2*1H/t12-,13-;;. The van der Waals surface area contributed by atoms with Crippen molar-refractivity contribution in [3.05, 3.63) is 6.33 Å². The van der Waals surface area contributed by atoms with E-state index in [4.69, 9.17) is 10.7 Å². The minimum atomic E-state index is -5.40. The Balaban J connectivity index is 0.00000216. The Bertz CT molecular complexity index is 1070. The normalized spacial score (nSPS) is 21.4. The lowest BCUT2D eigenvalue weighted by Gasteiger charge is -2.27. The van der Waals surface area contributed by atoms with Gasteiger partial charge >= 0.3 is 15.5 Å². The molecule has 2 saturated carbocycles. The van der Waals surface area contributed by atoms with E-state index in [2.05, 4.69) is 20.6 Å². The van der Waals surface area contributed by atoms with E-state index in [1.54, 1.807) is 6.33 Å². The van der Waals surface area contributed by atoms with Crippen LogP contribution < -0.4 is 21.1 Å². The van der Waals surface area contributed by atoms with Gasteiger partial charge in [-0.25, -0.2) is 18.1 Å². The third-order valence-corrected chi connectivity index (χ3v) is 7.45. The van der Waals surface area contributed by atoms with Gasteiger partial charge in [0.1, 0.15) is 0 Å². The zero-order valence-corrected chi connectivity index (χ0v) is 21.4. The van der Waals surface area contributed by atoms with Gasteiger partial charge in [-0.3, -0.25) is 0 Å². The number of alkyl halides is 3. The molecular formula is C19H31Cl2F3N8O2S. The summed E-state index contributed by atoms with van der Waals surface area (Å²) >= 11 is 0. The summed E-state index contributed by atoms with van der Waals surface area (Å²) in [6, 6.07) is 0.668. The van der Waals surface area contributed by atoms with Gasteiger partial charge in [0.2, 0.25) is 5.95 Å². The largest absolute Gasteiger partial charge is 0.511 e. The molecule has 2 aromatic rings. The maximum absolute atomic E-state index is 12.5. The van der Waals surface area contributed by atoms with Crippen molar-refractivity contribution in [2.75, 3.05) is 23.7 Å². The van der Waals surface area contributed by atoms with Crippen LogP contribution in [0.25, 0.3) is 11.2 Å². The Morgan fingerprint density at radius 3 is 2.31 bits per heavy atom. The van der Waals surface area contributed by atoms with Crippen LogP contribution in [0.3, 0.4) is 0 Å². The zero-order valence-electron chi connectivity index (χ0n) is 18.9. The van der Waals surface area contributed by atoms with Crippen molar-refractivity contribution in [2.24, 2.45) is 5.73 Å². The quantitative estimate of drug-likeness (QED) is 0.359. The van der Waals surface area contributed by atoms with Crippen LogP contribution in [0.5, 0.6) is 0 Å². The maximum atomic E-state index is 12.5. The third kappa shape index (κ3) is 7.00. The van der Waals surface area contributed by atoms with E-state index in [0.717, 1.165) is 51.4 Å². The van der Waals surface area contributed by atoms with Gasteiger partial charge in [-0.05, 0) is 38.5 Å². The van der Waals surface area contributed by atoms with Gasteiger partial charge in [-0.1, -0.05) is 12.8 Å². The smallest absolute Gasteiger partial charge is 0.367 e. The van der Waals surface area contributed by atoms with E-state index < -0.39 is 22.1 Å². The number of nitrogens with one attached hydrogen (secondary N) is 3. The molecule has 10 nitrogen and oxygen atoms in total. The molecule has 4 rings (SSSR count). The van der Waals surface area contributed by atoms with Crippen molar-refractivity contribution in [2.45, 2.75) is 75.0 Å². The molecule has 16 heteroatoms. The number of nitrogens with two attached hydrogens (primary N) is 1. The second-order valence-corrected chi connectivity index (χ2v) is 10.4. The summed E-state index contributed by atoms with van der Waals surface area (Å²) in [6.07, 6.45) is 9.64. The molecule has 0 atom stereocenters. The number of hydrogen-bond donors (Lipinski definition) is 4.